The Balaban J connectivity index is 0.000000288. The van der Waals surface area contributed by atoms with Crippen LogP contribution in [0.1, 0.15) is 5.56 Å². The molecule has 0 N–H and O–H groups in total. The molecule has 0 saturated heterocycles. The van der Waals surface area contributed by atoms with Gasteiger partial charge in [-0.05, 0) is 13.0 Å². The van der Waals surface area contributed by atoms with E-state index in [0.717, 1.165) is 0 Å². The summed E-state index contributed by atoms with van der Waals surface area (Å²) in [6.07, 6.45) is 1.44. The van der Waals surface area contributed by atoms with E-state index >= 15 is 0 Å². The quantitative estimate of drug-likeness (QED) is 0.581. The van der Waals surface area contributed by atoms with Crippen molar-refractivity contribution in [1.82, 2.24) is 0 Å². The van der Waals surface area contributed by atoms with E-state index < -0.39 is 5.97 Å². The van der Waals surface area contributed by atoms with Crippen molar-refractivity contribution in [2.75, 3.05) is 21.3 Å². The summed E-state index contributed by atoms with van der Waals surface area (Å²) in [4.78, 5) is 0. The van der Waals surface area contributed by atoms with Gasteiger partial charge in [-0.15, -0.1) is 0 Å². The van der Waals surface area contributed by atoms with E-state index in [4.69, 9.17) is 14.2 Å². The highest BCUT2D eigenvalue weighted by molar-refractivity contribution is 5.11. The molecule has 0 fully saturated rings. The Morgan fingerprint density at radius 2 is 1.44 bits per heavy atom. The van der Waals surface area contributed by atoms with Crippen LogP contribution >= 0.6 is 0 Å². The number of aryl methyl sites for hydroxylation is 1. The van der Waals surface area contributed by atoms with Gasteiger partial charge in [0, 0.05) is 21.3 Å². The topological polar surface area (TPSA) is 27.7 Å². The number of ether oxygens (including phenoxy) is 3. The van der Waals surface area contributed by atoms with Crippen molar-refractivity contribution in [2.24, 2.45) is 0 Å². The molecule has 0 unspecified atom stereocenters. The number of hydrogen-bond acceptors (Lipinski definition) is 3. The molecule has 0 aliphatic rings. The molecule has 90 valence electrons. The van der Waals surface area contributed by atoms with E-state index in [-0.39, 0.29) is 0 Å². The van der Waals surface area contributed by atoms with Crippen LogP contribution in [0.4, 0.5) is 0 Å². The molecule has 0 saturated carbocycles. The van der Waals surface area contributed by atoms with E-state index in [1.54, 1.807) is 0 Å². The minimum absolute atomic E-state index is 1.07. The second-order valence-corrected chi connectivity index (χ2v) is 3.07. The summed E-state index contributed by atoms with van der Waals surface area (Å²) in [5.74, 6) is -1.07. The predicted octanol–water partition coefficient (Wildman–Crippen LogP) is 2.76. The van der Waals surface area contributed by atoms with Crippen molar-refractivity contribution in [3.8, 4) is 0 Å². The Hall–Kier alpha value is -1.16. The number of methoxy groups -OCH3 is 3. The lowest BCUT2D eigenvalue weighted by molar-refractivity contribution is -0.318. The number of benzene rings is 1. The van der Waals surface area contributed by atoms with Crippen molar-refractivity contribution in [3.05, 3.63) is 48.6 Å². The second kappa shape index (κ2) is 8.05. The molecule has 0 radical (unpaired) electrons. The molecule has 3 heteroatoms. The van der Waals surface area contributed by atoms with Crippen LogP contribution in [0, 0.1) is 6.92 Å². The van der Waals surface area contributed by atoms with E-state index in [2.05, 4.69) is 25.6 Å². The Labute approximate surface area is 97.6 Å². The zero-order valence-electron chi connectivity index (χ0n) is 10.4. The summed E-state index contributed by atoms with van der Waals surface area (Å²) in [5.41, 5.74) is 1.32. The van der Waals surface area contributed by atoms with Gasteiger partial charge in [-0.25, -0.2) is 0 Å². The van der Waals surface area contributed by atoms with Crippen LogP contribution in [-0.2, 0) is 14.2 Å². The fourth-order valence-corrected chi connectivity index (χ4v) is 1.03. The SMILES string of the molecule is C=CC(OC)(OC)OC.Cc1ccccc1. The second-order valence-electron chi connectivity index (χ2n) is 3.07. The van der Waals surface area contributed by atoms with Gasteiger partial charge in [-0.3, -0.25) is 0 Å². The largest absolute Gasteiger partial charge is 0.327 e. The van der Waals surface area contributed by atoms with Gasteiger partial charge in [-0.1, -0.05) is 42.5 Å². The first-order chi connectivity index (χ1) is 7.64. The smallest absolute Gasteiger partial charge is 0.303 e. The highest BCUT2D eigenvalue weighted by atomic mass is 16.9. The van der Waals surface area contributed by atoms with Crippen molar-refractivity contribution in [2.45, 2.75) is 12.9 Å². The first-order valence-corrected chi connectivity index (χ1v) is 4.94. The highest BCUT2D eigenvalue weighted by Gasteiger charge is 2.23. The zero-order valence-corrected chi connectivity index (χ0v) is 10.4. The van der Waals surface area contributed by atoms with Gasteiger partial charge < -0.3 is 14.2 Å². The fourth-order valence-electron chi connectivity index (χ4n) is 1.03. The molecule has 16 heavy (non-hydrogen) atoms. The van der Waals surface area contributed by atoms with Crippen LogP contribution < -0.4 is 0 Å². The minimum atomic E-state index is -1.07. The lowest BCUT2D eigenvalue weighted by Gasteiger charge is -2.24. The van der Waals surface area contributed by atoms with E-state index in [1.807, 2.05) is 18.2 Å². The van der Waals surface area contributed by atoms with Crippen LogP contribution in [-0.4, -0.2) is 27.3 Å². The summed E-state index contributed by atoms with van der Waals surface area (Å²) in [5, 5.41) is 0. The van der Waals surface area contributed by atoms with Crippen LogP contribution in [0.5, 0.6) is 0 Å². The standard InChI is InChI=1S/C7H8.C6H12O3/c1-7-5-3-2-4-6-7;1-5-6(7-2,8-3)9-4/h2-6H,1H3;5H,1H2,2-4H3. The minimum Gasteiger partial charge on any atom is -0.327 e. The van der Waals surface area contributed by atoms with Crippen LogP contribution in [0.3, 0.4) is 0 Å². The number of hydrogen-bond donors (Lipinski definition) is 0. The fraction of sp³-hybridized carbons (Fsp3) is 0.385. The molecule has 0 heterocycles. The Kier molecular flexibility index (Phi) is 7.46. The molecule has 1 rings (SSSR count). The monoisotopic (exact) mass is 224 g/mol. The molecule has 0 amide bonds. The third kappa shape index (κ3) is 5.07. The van der Waals surface area contributed by atoms with Gasteiger partial charge in [0.15, 0.2) is 0 Å². The van der Waals surface area contributed by atoms with Gasteiger partial charge in [0.2, 0.25) is 0 Å². The first-order valence-electron chi connectivity index (χ1n) is 4.94. The van der Waals surface area contributed by atoms with Crippen molar-refractivity contribution < 1.29 is 14.2 Å². The van der Waals surface area contributed by atoms with Crippen molar-refractivity contribution >= 4 is 0 Å². The maximum Gasteiger partial charge on any atom is 0.303 e. The third-order valence-corrected chi connectivity index (χ3v) is 2.04. The summed E-state index contributed by atoms with van der Waals surface area (Å²) in [6, 6.07) is 10.3. The average Bonchev–Trinajstić information content (AvgIpc) is 2.35. The zero-order chi connectivity index (χ0) is 12.4. The predicted molar refractivity (Wildman–Crippen MR) is 65.1 cm³/mol. The molecular formula is C13H20O3. The van der Waals surface area contributed by atoms with Gasteiger partial charge in [0.1, 0.15) is 0 Å². The Morgan fingerprint density at radius 1 is 1.00 bits per heavy atom. The molecule has 0 atom stereocenters. The summed E-state index contributed by atoms with van der Waals surface area (Å²) in [7, 11) is 4.44. The van der Waals surface area contributed by atoms with E-state index in [9.17, 15) is 0 Å². The molecule has 1 aromatic carbocycles. The van der Waals surface area contributed by atoms with E-state index in [1.165, 1.54) is 33.0 Å². The molecule has 0 aliphatic heterocycles. The van der Waals surface area contributed by atoms with Gasteiger partial charge in [0.05, 0.1) is 0 Å². The van der Waals surface area contributed by atoms with E-state index in [0.29, 0.717) is 0 Å². The molecular weight excluding hydrogens is 204 g/mol. The summed E-state index contributed by atoms with van der Waals surface area (Å²) in [6.45, 7) is 5.55. The van der Waals surface area contributed by atoms with Gasteiger partial charge in [-0.2, -0.15) is 0 Å². The normalized spacial score (nSPS) is 10.2. The molecule has 1 aromatic rings. The van der Waals surface area contributed by atoms with Gasteiger partial charge in [0.25, 0.3) is 0 Å². The van der Waals surface area contributed by atoms with Crippen LogP contribution in [0.2, 0.25) is 0 Å². The molecule has 0 bridgehead atoms. The van der Waals surface area contributed by atoms with Crippen molar-refractivity contribution in [3.63, 3.8) is 0 Å². The average molecular weight is 224 g/mol. The lowest BCUT2D eigenvalue weighted by Crippen LogP contribution is -2.32. The Bertz CT molecular complexity index is 270. The van der Waals surface area contributed by atoms with Gasteiger partial charge >= 0.3 is 5.97 Å². The van der Waals surface area contributed by atoms with Crippen LogP contribution in [0.25, 0.3) is 0 Å². The maximum absolute atomic E-state index is 4.82. The number of rotatable bonds is 4. The lowest BCUT2D eigenvalue weighted by atomic mass is 10.2. The van der Waals surface area contributed by atoms with Crippen LogP contribution in [0.15, 0.2) is 43.0 Å². The Morgan fingerprint density at radius 3 is 1.56 bits per heavy atom. The molecule has 0 aliphatic carbocycles. The molecule has 0 spiro atoms. The molecule has 0 aromatic heterocycles. The molecule has 3 nitrogen and oxygen atoms in total. The van der Waals surface area contributed by atoms with Crippen molar-refractivity contribution in [1.29, 1.82) is 0 Å². The summed E-state index contributed by atoms with van der Waals surface area (Å²) < 4.78 is 14.5. The maximum atomic E-state index is 4.82. The first kappa shape index (κ1) is 14.8. The summed E-state index contributed by atoms with van der Waals surface area (Å²) >= 11 is 0. The third-order valence-electron chi connectivity index (χ3n) is 2.04. The highest BCUT2D eigenvalue weighted by Crippen LogP contribution is 2.11.